The van der Waals surface area contributed by atoms with E-state index in [4.69, 9.17) is 9.97 Å². The van der Waals surface area contributed by atoms with Crippen LogP contribution in [0.4, 0.5) is 5.82 Å². The van der Waals surface area contributed by atoms with Crippen LogP contribution in [0.1, 0.15) is 47.8 Å². The summed E-state index contributed by atoms with van der Waals surface area (Å²) in [5.41, 5.74) is 2.94. The molecule has 1 aromatic heterocycles. The number of hydrogen-bond acceptors (Lipinski definition) is 5. The SMILES string of the molecule is Cc1nc([C@@H]2CCN(C(=O)CN3CCCC3=O)C2)nc2c1CC(=O)N2CCc1ccccc1. The third-order valence-electron chi connectivity index (χ3n) is 6.96. The second kappa shape index (κ2) is 8.92. The van der Waals surface area contributed by atoms with E-state index >= 15 is 0 Å². The number of rotatable bonds is 6. The zero-order chi connectivity index (χ0) is 22.9. The summed E-state index contributed by atoms with van der Waals surface area (Å²) >= 11 is 0. The first-order chi connectivity index (χ1) is 16.0. The number of hydrogen-bond donors (Lipinski definition) is 0. The minimum atomic E-state index is -0.00898. The van der Waals surface area contributed by atoms with E-state index in [1.165, 1.54) is 5.56 Å². The monoisotopic (exact) mass is 447 g/mol. The molecule has 2 saturated heterocycles. The van der Waals surface area contributed by atoms with Gasteiger partial charge >= 0.3 is 0 Å². The molecular formula is C25H29N5O3. The Morgan fingerprint density at radius 3 is 2.67 bits per heavy atom. The minimum Gasteiger partial charge on any atom is -0.340 e. The lowest BCUT2D eigenvalue weighted by Crippen LogP contribution is -2.39. The van der Waals surface area contributed by atoms with Crippen molar-refractivity contribution in [2.24, 2.45) is 0 Å². The van der Waals surface area contributed by atoms with Crippen LogP contribution in [0.3, 0.4) is 0 Å². The number of amides is 3. The molecular weight excluding hydrogens is 418 g/mol. The molecule has 0 N–H and O–H groups in total. The van der Waals surface area contributed by atoms with Crippen molar-refractivity contribution in [2.75, 3.05) is 37.6 Å². The molecule has 8 heteroatoms. The quantitative estimate of drug-likeness (QED) is 0.675. The number of likely N-dealkylation sites (tertiary alicyclic amines) is 2. The number of fused-ring (bicyclic) bond motifs is 1. The molecule has 0 unspecified atom stereocenters. The first-order valence-corrected chi connectivity index (χ1v) is 11.8. The van der Waals surface area contributed by atoms with Crippen LogP contribution in [0, 0.1) is 6.92 Å². The molecule has 3 amide bonds. The highest BCUT2D eigenvalue weighted by Gasteiger charge is 2.35. The molecule has 33 heavy (non-hydrogen) atoms. The van der Waals surface area contributed by atoms with E-state index in [9.17, 15) is 14.4 Å². The van der Waals surface area contributed by atoms with Gasteiger partial charge in [0.05, 0.1) is 13.0 Å². The third-order valence-corrected chi connectivity index (χ3v) is 6.96. The van der Waals surface area contributed by atoms with Crippen LogP contribution in [0.15, 0.2) is 30.3 Å². The van der Waals surface area contributed by atoms with Crippen molar-refractivity contribution in [3.63, 3.8) is 0 Å². The Labute approximate surface area is 193 Å². The lowest BCUT2D eigenvalue weighted by molar-refractivity contribution is -0.137. The highest BCUT2D eigenvalue weighted by molar-refractivity contribution is 6.00. The Morgan fingerprint density at radius 1 is 1.09 bits per heavy atom. The van der Waals surface area contributed by atoms with Gasteiger partial charge in [0.2, 0.25) is 17.7 Å². The number of carbonyl (C=O) groups is 3. The van der Waals surface area contributed by atoms with Crippen molar-refractivity contribution < 1.29 is 14.4 Å². The number of anilines is 1. The van der Waals surface area contributed by atoms with E-state index < -0.39 is 0 Å². The van der Waals surface area contributed by atoms with Crippen LogP contribution in [-0.4, -0.2) is 70.2 Å². The predicted molar refractivity (Wildman–Crippen MR) is 123 cm³/mol. The number of aryl methyl sites for hydroxylation is 1. The number of carbonyl (C=O) groups excluding carboxylic acids is 3. The molecule has 3 aliphatic rings. The van der Waals surface area contributed by atoms with Gasteiger partial charge in [0.25, 0.3) is 0 Å². The zero-order valence-electron chi connectivity index (χ0n) is 19.0. The van der Waals surface area contributed by atoms with Crippen LogP contribution >= 0.6 is 0 Å². The second-order valence-corrected chi connectivity index (χ2v) is 9.17. The molecule has 5 rings (SSSR count). The molecule has 0 radical (unpaired) electrons. The molecule has 2 aromatic rings. The van der Waals surface area contributed by atoms with E-state index in [2.05, 4.69) is 12.1 Å². The minimum absolute atomic E-state index is 0.00898. The predicted octanol–water partition coefficient (Wildman–Crippen LogP) is 1.86. The number of aromatic nitrogens is 2. The molecule has 2 fully saturated rings. The summed E-state index contributed by atoms with van der Waals surface area (Å²) in [6.45, 7) is 4.55. The van der Waals surface area contributed by atoms with Gasteiger partial charge in [-0.15, -0.1) is 0 Å². The molecule has 8 nitrogen and oxygen atoms in total. The van der Waals surface area contributed by atoms with Gasteiger partial charge in [-0.05, 0) is 31.7 Å². The summed E-state index contributed by atoms with van der Waals surface area (Å²) in [5.74, 6) is 1.60. The van der Waals surface area contributed by atoms with Crippen LogP contribution in [0.5, 0.6) is 0 Å². The van der Waals surface area contributed by atoms with Crippen molar-refractivity contribution in [2.45, 2.75) is 44.9 Å². The van der Waals surface area contributed by atoms with Gasteiger partial charge in [-0.2, -0.15) is 0 Å². The fourth-order valence-electron chi connectivity index (χ4n) is 5.03. The fourth-order valence-corrected chi connectivity index (χ4v) is 5.03. The Morgan fingerprint density at radius 2 is 1.91 bits per heavy atom. The van der Waals surface area contributed by atoms with Crippen molar-refractivity contribution >= 4 is 23.5 Å². The molecule has 0 saturated carbocycles. The third kappa shape index (κ3) is 4.34. The van der Waals surface area contributed by atoms with Crippen LogP contribution in [0.2, 0.25) is 0 Å². The average molecular weight is 448 g/mol. The molecule has 3 aliphatic heterocycles. The maximum Gasteiger partial charge on any atom is 0.242 e. The van der Waals surface area contributed by atoms with E-state index in [0.29, 0.717) is 44.8 Å². The zero-order valence-corrected chi connectivity index (χ0v) is 19.0. The number of benzene rings is 1. The molecule has 1 atom stereocenters. The standard InChI is InChI=1S/C25H29N5O3/c1-17-20-14-22(32)30(13-9-18-6-3-2-4-7-18)25(20)27-24(26-17)19-10-12-29(15-19)23(33)16-28-11-5-8-21(28)31/h2-4,6-7,19H,5,8-16H2,1H3/t19-/m1/s1. The van der Waals surface area contributed by atoms with Crippen LogP contribution in [-0.2, 0) is 27.2 Å². The fraction of sp³-hybridized carbons (Fsp3) is 0.480. The molecule has 4 heterocycles. The van der Waals surface area contributed by atoms with Crippen molar-refractivity contribution in [1.82, 2.24) is 19.8 Å². The maximum atomic E-state index is 12.7. The number of nitrogens with zero attached hydrogens (tertiary/aromatic N) is 5. The average Bonchev–Trinajstić information content (AvgIpc) is 3.53. The maximum absolute atomic E-state index is 12.7. The van der Waals surface area contributed by atoms with Gasteiger partial charge in [0, 0.05) is 49.8 Å². The first kappa shape index (κ1) is 21.6. The Kier molecular flexibility index (Phi) is 5.83. The topological polar surface area (TPSA) is 86.7 Å². The molecule has 1 aromatic carbocycles. The first-order valence-electron chi connectivity index (χ1n) is 11.8. The summed E-state index contributed by atoms with van der Waals surface area (Å²) < 4.78 is 0. The van der Waals surface area contributed by atoms with E-state index in [1.54, 1.807) is 9.80 Å². The van der Waals surface area contributed by atoms with E-state index in [0.717, 1.165) is 36.3 Å². The summed E-state index contributed by atoms with van der Waals surface area (Å²) in [5, 5.41) is 0. The van der Waals surface area contributed by atoms with Gasteiger partial charge < -0.3 is 9.80 Å². The Hall–Kier alpha value is -3.29. The highest BCUT2D eigenvalue weighted by atomic mass is 16.2. The van der Waals surface area contributed by atoms with Gasteiger partial charge in [0.15, 0.2) is 0 Å². The molecule has 0 aliphatic carbocycles. The Bertz CT molecular complexity index is 1090. The smallest absolute Gasteiger partial charge is 0.242 e. The second-order valence-electron chi connectivity index (χ2n) is 9.17. The molecule has 172 valence electrons. The summed E-state index contributed by atoms with van der Waals surface area (Å²) in [6.07, 6.45) is 3.27. The van der Waals surface area contributed by atoms with Crippen molar-refractivity contribution in [3.8, 4) is 0 Å². The van der Waals surface area contributed by atoms with E-state index in [1.807, 2.05) is 30.0 Å². The normalized spacial score (nSPS) is 20.2. The lowest BCUT2D eigenvalue weighted by atomic mass is 10.1. The molecule has 0 bridgehead atoms. The summed E-state index contributed by atoms with van der Waals surface area (Å²) in [7, 11) is 0. The lowest BCUT2D eigenvalue weighted by Gasteiger charge is -2.21. The highest BCUT2D eigenvalue weighted by Crippen LogP contribution is 2.33. The van der Waals surface area contributed by atoms with Crippen LogP contribution < -0.4 is 4.90 Å². The van der Waals surface area contributed by atoms with Crippen molar-refractivity contribution in [3.05, 3.63) is 53.0 Å². The van der Waals surface area contributed by atoms with Crippen molar-refractivity contribution in [1.29, 1.82) is 0 Å². The summed E-state index contributed by atoms with van der Waals surface area (Å²) in [4.78, 5) is 52.2. The van der Waals surface area contributed by atoms with Gasteiger partial charge in [-0.1, -0.05) is 30.3 Å². The Balaban J connectivity index is 1.28. The van der Waals surface area contributed by atoms with Gasteiger partial charge in [-0.3, -0.25) is 19.3 Å². The molecule has 0 spiro atoms. The van der Waals surface area contributed by atoms with Crippen LogP contribution in [0.25, 0.3) is 0 Å². The van der Waals surface area contributed by atoms with Gasteiger partial charge in [0.1, 0.15) is 11.6 Å². The van der Waals surface area contributed by atoms with Gasteiger partial charge in [-0.25, -0.2) is 9.97 Å². The van der Waals surface area contributed by atoms with E-state index in [-0.39, 0.29) is 30.2 Å². The summed E-state index contributed by atoms with van der Waals surface area (Å²) in [6, 6.07) is 10.1. The largest absolute Gasteiger partial charge is 0.340 e.